The highest BCUT2D eigenvalue weighted by Gasteiger charge is 2.03. The molecule has 4 aromatic carbocycles. The maximum Gasteiger partial charge on any atom is 0.308 e. The van der Waals surface area contributed by atoms with Crippen molar-refractivity contribution < 1.29 is 71.8 Å². The number of halogens is 1. The SMILES string of the molecule is C1CCOC1.COC(=O)CCBr.COC(=O)CCOc1ccc(/C=C/c2ccc(OCCC(=O)OC)cc2)cc1.COC(=O)CCOc1ccc(C=O)cc1.O=Cc1ccc(O)cc1. The third kappa shape index (κ3) is 28.2. The number of esters is 4. The lowest BCUT2D eigenvalue weighted by atomic mass is 10.1. The van der Waals surface area contributed by atoms with Gasteiger partial charge in [0.1, 0.15) is 35.6 Å². The molecule has 0 atom stereocenters. The van der Waals surface area contributed by atoms with Crippen LogP contribution in [0.5, 0.6) is 23.0 Å². The largest absolute Gasteiger partial charge is 0.508 e. The van der Waals surface area contributed by atoms with Gasteiger partial charge in [0, 0.05) is 29.7 Å². The van der Waals surface area contributed by atoms with Crippen molar-refractivity contribution in [3.8, 4) is 23.0 Å². The Morgan fingerprint density at radius 2 is 0.797 bits per heavy atom. The molecule has 1 saturated heterocycles. The normalized spacial score (nSPS) is 10.8. The van der Waals surface area contributed by atoms with Crippen molar-refractivity contribution in [3.05, 3.63) is 119 Å². The van der Waals surface area contributed by atoms with Crippen LogP contribution in [0.25, 0.3) is 12.2 Å². The third-order valence-corrected chi connectivity index (χ3v) is 8.43. The summed E-state index contributed by atoms with van der Waals surface area (Å²) in [7, 11) is 5.43. The van der Waals surface area contributed by atoms with Gasteiger partial charge in [-0.15, -0.1) is 0 Å². The van der Waals surface area contributed by atoms with Crippen molar-refractivity contribution in [2.75, 3.05) is 66.8 Å². The number of alkyl halides is 1. The Balaban J connectivity index is 0.000000469. The van der Waals surface area contributed by atoms with E-state index in [1.165, 1.54) is 53.4 Å². The van der Waals surface area contributed by atoms with Crippen LogP contribution < -0.4 is 14.2 Å². The topological polar surface area (TPSA) is 196 Å². The second-order valence-corrected chi connectivity index (χ2v) is 13.5. The minimum absolute atomic E-state index is 0.170. The number of hydrogen-bond acceptors (Lipinski definition) is 15. The number of carbonyl (C=O) groups excluding carboxylic acids is 6. The summed E-state index contributed by atoms with van der Waals surface area (Å²) in [6.45, 7) is 2.85. The van der Waals surface area contributed by atoms with E-state index in [-0.39, 0.29) is 68.7 Å². The lowest BCUT2D eigenvalue weighted by Gasteiger charge is -2.06. The fraction of sp³-hybridized carbons (Fsp3) is 0.333. The molecule has 1 N–H and O–H groups in total. The van der Waals surface area contributed by atoms with Gasteiger partial charge in [-0.3, -0.25) is 28.8 Å². The fourth-order valence-corrected chi connectivity index (χ4v) is 4.81. The van der Waals surface area contributed by atoms with Gasteiger partial charge in [0.15, 0.2) is 0 Å². The number of ether oxygens (including phenoxy) is 8. The van der Waals surface area contributed by atoms with Crippen molar-refractivity contribution in [3.63, 3.8) is 0 Å². The first-order chi connectivity index (χ1) is 31.0. The molecule has 0 spiro atoms. The lowest BCUT2D eigenvalue weighted by molar-refractivity contribution is -0.142. The van der Waals surface area contributed by atoms with Crippen LogP contribution in [0.2, 0.25) is 0 Å². The lowest BCUT2D eigenvalue weighted by Crippen LogP contribution is -2.07. The molecule has 1 heterocycles. The van der Waals surface area contributed by atoms with Crippen molar-refractivity contribution in [1.29, 1.82) is 0 Å². The van der Waals surface area contributed by atoms with Gasteiger partial charge in [0.2, 0.25) is 0 Å². The Labute approximate surface area is 382 Å². The average Bonchev–Trinajstić information content (AvgIpc) is 3.94. The van der Waals surface area contributed by atoms with E-state index in [1.807, 2.05) is 60.7 Å². The predicted molar refractivity (Wildman–Crippen MR) is 244 cm³/mol. The molecule has 0 radical (unpaired) electrons. The van der Waals surface area contributed by atoms with Crippen LogP contribution >= 0.6 is 15.9 Å². The van der Waals surface area contributed by atoms with E-state index >= 15 is 0 Å². The molecular formula is C48H57BrO15. The summed E-state index contributed by atoms with van der Waals surface area (Å²) < 4.78 is 39.1. The molecule has 1 aliphatic rings. The summed E-state index contributed by atoms with van der Waals surface area (Å²) in [6.07, 6.45) is 9.15. The number of methoxy groups -OCH3 is 4. The van der Waals surface area contributed by atoms with Crippen LogP contribution in [0.15, 0.2) is 97.1 Å². The van der Waals surface area contributed by atoms with E-state index < -0.39 is 0 Å². The molecule has 16 heteroatoms. The first-order valence-corrected chi connectivity index (χ1v) is 21.1. The zero-order chi connectivity index (χ0) is 47.2. The van der Waals surface area contributed by atoms with Crippen molar-refractivity contribution >= 4 is 64.5 Å². The standard InChI is InChI=1S/C22H24O6.C11H12O4.C7H6O2.C4H7BrO2.C4H8O/c1-25-21(23)13-15-27-19-9-5-17(6-10-19)3-4-18-7-11-20(12-8-18)28-16-14-22(24)26-2;1-14-11(13)6-7-15-10-4-2-9(8-12)3-5-10;8-5-6-1-3-7(9)4-2-6;1-7-4(6)2-3-5;1-2-4-5-3-1/h3-12H,13-16H2,1-2H3;2-5,8H,6-7H2,1H3;1-5,9H;2-3H2,1H3;1-4H2/b4-3+;;;;. The highest BCUT2D eigenvalue weighted by Crippen LogP contribution is 2.17. The Morgan fingerprint density at radius 1 is 0.500 bits per heavy atom. The summed E-state index contributed by atoms with van der Waals surface area (Å²) in [5.74, 6) is 1.16. The van der Waals surface area contributed by atoms with Crippen LogP contribution in [0.4, 0.5) is 0 Å². The summed E-state index contributed by atoms with van der Waals surface area (Å²) >= 11 is 3.09. The Bertz CT molecular complexity index is 1850. The van der Waals surface area contributed by atoms with E-state index in [4.69, 9.17) is 24.1 Å². The van der Waals surface area contributed by atoms with E-state index in [1.54, 1.807) is 36.4 Å². The zero-order valence-electron chi connectivity index (χ0n) is 36.6. The zero-order valence-corrected chi connectivity index (χ0v) is 38.2. The molecule has 0 amide bonds. The minimum Gasteiger partial charge on any atom is -0.508 e. The average molecular weight is 954 g/mol. The second kappa shape index (κ2) is 36.0. The van der Waals surface area contributed by atoms with E-state index in [9.17, 15) is 28.8 Å². The first kappa shape index (κ1) is 55.5. The predicted octanol–water partition coefficient (Wildman–Crippen LogP) is 8.13. The number of phenolic OH excluding ortho intramolecular Hbond substituents is 1. The molecule has 1 fully saturated rings. The number of carbonyl (C=O) groups is 6. The maximum absolute atomic E-state index is 11.1. The molecule has 64 heavy (non-hydrogen) atoms. The van der Waals surface area contributed by atoms with Crippen LogP contribution in [0.1, 0.15) is 70.4 Å². The van der Waals surface area contributed by atoms with E-state index in [0.717, 1.165) is 36.9 Å². The Morgan fingerprint density at radius 3 is 1.05 bits per heavy atom. The number of aromatic hydroxyl groups is 1. The minimum atomic E-state index is -0.306. The van der Waals surface area contributed by atoms with Gasteiger partial charge in [-0.1, -0.05) is 52.3 Å². The summed E-state index contributed by atoms with van der Waals surface area (Å²) in [5, 5.41) is 9.42. The maximum atomic E-state index is 11.1. The molecular weight excluding hydrogens is 896 g/mol. The highest BCUT2D eigenvalue weighted by atomic mass is 79.9. The molecule has 1 aliphatic heterocycles. The van der Waals surface area contributed by atoms with Gasteiger partial charge in [-0.25, -0.2) is 0 Å². The summed E-state index contributed by atoms with van der Waals surface area (Å²) in [4.78, 5) is 63.4. The summed E-state index contributed by atoms with van der Waals surface area (Å²) in [6, 6.07) is 27.9. The molecule has 0 unspecified atom stereocenters. The van der Waals surface area contributed by atoms with Gasteiger partial charge >= 0.3 is 23.9 Å². The van der Waals surface area contributed by atoms with Gasteiger partial charge in [-0.05, 0) is 96.8 Å². The van der Waals surface area contributed by atoms with Gasteiger partial charge < -0.3 is 43.0 Å². The molecule has 0 aliphatic carbocycles. The molecule has 0 aromatic heterocycles. The third-order valence-electron chi connectivity index (χ3n) is 8.04. The van der Waals surface area contributed by atoms with Crippen LogP contribution in [-0.2, 0) is 42.9 Å². The van der Waals surface area contributed by atoms with Crippen LogP contribution in [-0.4, -0.2) is 108 Å². The van der Waals surface area contributed by atoms with E-state index in [0.29, 0.717) is 40.1 Å². The molecule has 15 nitrogen and oxygen atoms in total. The van der Waals surface area contributed by atoms with Gasteiger partial charge in [-0.2, -0.15) is 0 Å². The van der Waals surface area contributed by atoms with Crippen molar-refractivity contribution in [1.82, 2.24) is 0 Å². The van der Waals surface area contributed by atoms with Crippen molar-refractivity contribution in [2.45, 2.75) is 38.5 Å². The number of aldehydes is 2. The van der Waals surface area contributed by atoms with Gasteiger partial charge in [0.25, 0.3) is 0 Å². The van der Waals surface area contributed by atoms with Crippen molar-refractivity contribution in [2.24, 2.45) is 0 Å². The monoisotopic (exact) mass is 952 g/mol. The Kier molecular flexibility index (Phi) is 31.2. The quantitative estimate of drug-likeness (QED) is 0.0330. The number of hydrogen-bond donors (Lipinski definition) is 1. The first-order valence-electron chi connectivity index (χ1n) is 20.0. The van der Waals surface area contributed by atoms with Gasteiger partial charge in [0.05, 0.1) is 73.9 Å². The smallest absolute Gasteiger partial charge is 0.308 e. The molecule has 346 valence electrons. The van der Waals surface area contributed by atoms with E-state index in [2.05, 4.69) is 34.9 Å². The fourth-order valence-electron chi connectivity index (χ4n) is 4.49. The highest BCUT2D eigenvalue weighted by molar-refractivity contribution is 9.09. The number of phenols is 1. The van der Waals surface area contributed by atoms with Crippen LogP contribution in [0, 0.1) is 0 Å². The second-order valence-electron chi connectivity index (χ2n) is 12.7. The molecule has 4 aromatic rings. The van der Waals surface area contributed by atoms with Crippen LogP contribution in [0.3, 0.4) is 0 Å². The summed E-state index contributed by atoms with van der Waals surface area (Å²) in [5.41, 5.74) is 3.22. The number of rotatable bonds is 18. The molecule has 0 bridgehead atoms. The Hall–Kier alpha value is -6.52. The molecule has 0 saturated carbocycles. The number of benzene rings is 4. The molecule has 5 rings (SSSR count).